The van der Waals surface area contributed by atoms with Gasteiger partial charge in [0.15, 0.2) is 10.6 Å². The molecule has 0 amide bonds. The van der Waals surface area contributed by atoms with Crippen molar-refractivity contribution in [3.8, 4) is 11.4 Å². The highest BCUT2D eigenvalue weighted by molar-refractivity contribution is 7.89. The molecule has 0 unspecified atom stereocenters. The molecule has 7 nitrogen and oxygen atoms in total. The molecule has 2 aromatic carbocycles. The number of benzene rings is 2. The monoisotopic (exact) mass is 463 g/mol. The van der Waals surface area contributed by atoms with E-state index in [1.807, 2.05) is 41.9 Å². The first-order valence-electron chi connectivity index (χ1n) is 9.54. The predicted octanol–water partition coefficient (Wildman–Crippen LogP) is 3.24. The summed E-state index contributed by atoms with van der Waals surface area (Å²) in [5, 5.41) is 4.93. The maximum absolute atomic E-state index is 12.9. The lowest BCUT2D eigenvalue weighted by molar-refractivity contribution is 0.144. The molecule has 0 saturated carbocycles. The average Bonchev–Trinajstić information content (AvgIpc) is 3.03. The number of piperazine rings is 1. The molecule has 0 radical (unpaired) electrons. The third-order valence-electron chi connectivity index (χ3n) is 5.19. The molecule has 158 valence electrons. The van der Waals surface area contributed by atoms with Crippen LogP contribution in [0.1, 0.15) is 0 Å². The second kappa shape index (κ2) is 8.60. The van der Waals surface area contributed by atoms with Crippen molar-refractivity contribution >= 4 is 33.8 Å². The van der Waals surface area contributed by atoms with Gasteiger partial charge in [-0.25, -0.2) is 13.1 Å². The van der Waals surface area contributed by atoms with Crippen molar-refractivity contribution in [2.24, 2.45) is 7.05 Å². The minimum absolute atomic E-state index is 0.152. The zero-order valence-corrected chi connectivity index (χ0v) is 18.9. The number of sulfonamides is 1. The summed E-state index contributed by atoms with van der Waals surface area (Å²) < 4.78 is 31.6. The molecule has 0 atom stereocenters. The number of aromatic nitrogens is 3. The Labute approximate surface area is 186 Å². The smallest absolute Gasteiger partial charge is 0.244 e. The van der Waals surface area contributed by atoms with E-state index < -0.39 is 10.0 Å². The van der Waals surface area contributed by atoms with Crippen LogP contribution in [0.25, 0.3) is 11.4 Å². The van der Waals surface area contributed by atoms with Crippen molar-refractivity contribution in [2.45, 2.75) is 11.6 Å². The Morgan fingerprint density at radius 3 is 2.30 bits per heavy atom. The fourth-order valence-corrected chi connectivity index (χ4v) is 5.61. The summed E-state index contributed by atoms with van der Waals surface area (Å²) in [6.07, 6.45) is 0. The van der Waals surface area contributed by atoms with Crippen LogP contribution in [0.5, 0.6) is 0 Å². The Balaban J connectivity index is 1.46. The number of rotatable bonds is 5. The van der Waals surface area contributed by atoms with E-state index in [1.165, 1.54) is 4.31 Å². The van der Waals surface area contributed by atoms with Crippen LogP contribution in [0, 0.1) is 4.77 Å². The third-order valence-corrected chi connectivity index (χ3v) is 8.08. The second-order valence-corrected chi connectivity index (χ2v) is 9.80. The minimum Gasteiger partial charge on any atom is -0.303 e. The molecule has 1 fully saturated rings. The third kappa shape index (κ3) is 4.08. The van der Waals surface area contributed by atoms with Gasteiger partial charge in [-0.1, -0.05) is 54.1 Å². The minimum atomic E-state index is -3.61. The summed E-state index contributed by atoms with van der Waals surface area (Å²) in [7, 11) is -1.70. The fourth-order valence-electron chi connectivity index (χ4n) is 3.51. The van der Waals surface area contributed by atoms with Gasteiger partial charge >= 0.3 is 0 Å². The molecule has 0 N–H and O–H groups in total. The van der Waals surface area contributed by atoms with Crippen molar-refractivity contribution in [1.29, 1.82) is 0 Å². The van der Waals surface area contributed by atoms with E-state index in [9.17, 15) is 8.42 Å². The van der Waals surface area contributed by atoms with Crippen LogP contribution >= 0.6 is 23.8 Å². The van der Waals surface area contributed by atoms with Gasteiger partial charge in [0.1, 0.15) is 4.90 Å². The van der Waals surface area contributed by atoms with E-state index in [0.29, 0.717) is 37.6 Å². The highest BCUT2D eigenvalue weighted by Crippen LogP contribution is 2.25. The van der Waals surface area contributed by atoms with Gasteiger partial charge in [0.2, 0.25) is 10.0 Å². The molecule has 1 aromatic heterocycles. The molecule has 0 aliphatic carbocycles. The van der Waals surface area contributed by atoms with Gasteiger partial charge in [0, 0.05) is 38.8 Å². The zero-order chi connectivity index (χ0) is 21.3. The normalized spacial score (nSPS) is 16.1. The lowest BCUT2D eigenvalue weighted by Crippen LogP contribution is -2.49. The first kappa shape index (κ1) is 21.2. The fraction of sp³-hybridized carbons (Fsp3) is 0.300. The highest BCUT2D eigenvalue weighted by atomic mass is 35.5. The molecule has 3 aromatic rings. The molecule has 4 rings (SSSR count). The largest absolute Gasteiger partial charge is 0.303 e. The molecular formula is C20H22ClN5O2S2. The Kier molecular flexibility index (Phi) is 6.08. The van der Waals surface area contributed by atoms with Crippen molar-refractivity contribution < 1.29 is 8.42 Å². The Bertz CT molecular complexity index is 1200. The number of halogens is 1. The molecule has 1 aliphatic rings. The number of hydrogen-bond acceptors (Lipinski definition) is 5. The van der Waals surface area contributed by atoms with Crippen molar-refractivity contribution in [3.05, 3.63) is 64.4 Å². The first-order chi connectivity index (χ1) is 14.4. The van der Waals surface area contributed by atoms with Gasteiger partial charge in [-0.15, -0.1) is 0 Å². The summed E-state index contributed by atoms with van der Waals surface area (Å²) in [5.74, 6) is 0.806. The lowest BCUT2D eigenvalue weighted by Gasteiger charge is -2.33. The van der Waals surface area contributed by atoms with E-state index >= 15 is 0 Å². The maximum atomic E-state index is 12.9. The van der Waals surface area contributed by atoms with Gasteiger partial charge in [-0.2, -0.15) is 9.40 Å². The second-order valence-electron chi connectivity index (χ2n) is 7.12. The molecule has 10 heteroatoms. The maximum Gasteiger partial charge on any atom is 0.244 e. The SMILES string of the molecule is Cn1c(-c2ccccc2)nn(CN2CCN(S(=O)(=O)c3ccccc3Cl)CC2)c1=S. The number of hydrogen-bond donors (Lipinski definition) is 0. The van der Waals surface area contributed by atoms with Crippen LogP contribution in [-0.4, -0.2) is 58.1 Å². The molecular weight excluding hydrogens is 442 g/mol. The standard InChI is InChI=1S/C20H22ClN5O2S2/c1-23-19(16-7-3-2-4-8-16)22-26(20(23)29)15-24-11-13-25(14-12-24)30(27,28)18-10-6-5-9-17(18)21/h2-10H,11-15H2,1H3. The Morgan fingerprint density at radius 2 is 1.63 bits per heavy atom. The number of nitrogens with zero attached hydrogens (tertiary/aromatic N) is 5. The van der Waals surface area contributed by atoms with Gasteiger partial charge in [-0.05, 0) is 24.4 Å². The van der Waals surface area contributed by atoms with Crippen LogP contribution in [0.4, 0.5) is 0 Å². The van der Waals surface area contributed by atoms with E-state index in [4.69, 9.17) is 23.8 Å². The van der Waals surface area contributed by atoms with E-state index in [-0.39, 0.29) is 9.92 Å². The molecule has 1 aliphatic heterocycles. The van der Waals surface area contributed by atoms with Crippen LogP contribution in [0.2, 0.25) is 5.02 Å². The summed E-state index contributed by atoms with van der Waals surface area (Å²) in [6.45, 7) is 2.46. The Hall–Kier alpha value is -2.04. The van der Waals surface area contributed by atoms with Crippen molar-refractivity contribution in [2.75, 3.05) is 26.2 Å². The zero-order valence-electron chi connectivity index (χ0n) is 16.5. The summed E-state index contributed by atoms with van der Waals surface area (Å²) in [4.78, 5) is 2.30. The van der Waals surface area contributed by atoms with Gasteiger partial charge in [0.25, 0.3) is 0 Å². The summed E-state index contributed by atoms with van der Waals surface area (Å²) >= 11 is 11.7. The van der Waals surface area contributed by atoms with Gasteiger partial charge in [0.05, 0.1) is 11.7 Å². The van der Waals surface area contributed by atoms with Crippen LogP contribution in [0.15, 0.2) is 59.5 Å². The molecule has 2 heterocycles. The lowest BCUT2D eigenvalue weighted by atomic mass is 10.2. The molecule has 1 saturated heterocycles. The van der Waals surface area contributed by atoms with Crippen LogP contribution < -0.4 is 0 Å². The van der Waals surface area contributed by atoms with Gasteiger partial charge in [-0.3, -0.25) is 4.90 Å². The van der Waals surface area contributed by atoms with Crippen molar-refractivity contribution in [3.63, 3.8) is 0 Å². The summed E-state index contributed by atoms with van der Waals surface area (Å²) in [5.41, 5.74) is 1.00. The van der Waals surface area contributed by atoms with Crippen molar-refractivity contribution in [1.82, 2.24) is 23.6 Å². The predicted molar refractivity (Wildman–Crippen MR) is 119 cm³/mol. The van der Waals surface area contributed by atoms with Gasteiger partial charge < -0.3 is 4.57 Å². The first-order valence-corrected chi connectivity index (χ1v) is 11.8. The highest BCUT2D eigenvalue weighted by Gasteiger charge is 2.30. The van der Waals surface area contributed by atoms with Crippen LogP contribution in [-0.2, 0) is 23.7 Å². The molecule has 30 heavy (non-hydrogen) atoms. The Morgan fingerprint density at radius 1 is 1.00 bits per heavy atom. The van der Waals surface area contributed by atoms with E-state index in [2.05, 4.69) is 10.00 Å². The molecule has 0 spiro atoms. The quantitative estimate of drug-likeness (QED) is 0.543. The molecule has 0 bridgehead atoms. The average molecular weight is 464 g/mol. The van der Waals surface area contributed by atoms with Crippen LogP contribution in [0.3, 0.4) is 0 Å². The van der Waals surface area contributed by atoms with E-state index in [0.717, 1.165) is 11.4 Å². The topological polar surface area (TPSA) is 63.4 Å². The summed E-state index contributed by atoms with van der Waals surface area (Å²) in [6, 6.07) is 16.4. The van der Waals surface area contributed by atoms with E-state index in [1.54, 1.807) is 28.9 Å².